The maximum Gasteiger partial charge on any atom is 0.162 e. The van der Waals surface area contributed by atoms with Crippen molar-refractivity contribution in [1.82, 2.24) is 0 Å². The largest absolute Gasteiger partial charge is 0.494 e. The van der Waals surface area contributed by atoms with Gasteiger partial charge in [0, 0.05) is 0 Å². The number of ether oxygens (including phenoxy) is 4. The van der Waals surface area contributed by atoms with Crippen molar-refractivity contribution in [3.05, 3.63) is 83.4 Å². The second-order valence-electron chi connectivity index (χ2n) is 9.62. The molecule has 0 aliphatic rings. The number of rotatable bonds is 19. The van der Waals surface area contributed by atoms with Gasteiger partial charge >= 0.3 is 0 Å². The summed E-state index contributed by atoms with van der Waals surface area (Å²) in [5, 5.41) is 9.60. The molecule has 206 valence electrons. The van der Waals surface area contributed by atoms with Crippen LogP contribution in [0.3, 0.4) is 0 Å². The first kappa shape index (κ1) is 29.4. The highest BCUT2D eigenvalue weighted by Crippen LogP contribution is 2.30. The van der Waals surface area contributed by atoms with Gasteiger partial charge in [-0.15, -0.1) is 0 Å². The molecule has 0 heterocycles. The van der Waals surface area contributed by atoms with Gasteiger partial charge < -0.3 is 24.1 Å². The number of hydrogen-bond acceptors (Lipinski definition) is 5. The highest BCUT2D eigenvalue weighted by Gasteiger charge is 2.09. The van der Waals surface area contributed by atoms with Crippen LogP contribution in [0.4, 0.5) is 0 Å². The summed E-state index contributed by atoms with van der Waals surface area (Å²) in [6, 6.07) is 21.6. The first-order chi connectivity index (χ1) is 18.7. The molecule has 0 unspecified atom stereocenters. The zero-order chi connectivity index (χ0) is 26.8. The van der Waals surface area contributed by atoms with Crippen molar-refractivity contribution in [2.45, 2.75) is 85.0 Å². The molecular formula is C33H44O5. The Balaban J connectivity index is 1.50. The fraction of sp³-hybridized carbons (Fsp3) is 0.455. The lowest BCUT2D eigenvalue weighted by atomic mass is 10.2. The Morgan fingerprint density at radius 3 is 1.45 bits per heavy atom. The number of unbranched alkanes of at least 4 members (excludes halogenated alkanes) is 6. The topological polar surface area (TPSA) is 57.2 Å². The van der Waals surface area contributed by atoms with Gasteiger partial charge in [0.1, 0.15) is 24.7 Å². The lowest BCUT2D eigenvalue weighted by Gasteiger charge is -2.15. The summed E-state index contributed by atoms with van der Waals surface area (Å²) in [4.78, 5) is 0. The fourth-order valence-corrected chi connectivity index (χ4v) is 4.01. The average molecular weight is 521 g/mol. The van der Waals surface area contributed by atoms with Crippen molar-refractivity contribution in [3.8, 4) is 23.0 Å². The number of aliphatic hydroxyl groups excluding tert-OH is 1. The molecule has 5 nitrogen and oxygen atoms in total. The van der Waals surface area contributed by atoms with Gasteiger partial charge in [-0.05, 0) is 65.9 Å². The van der Waals surface area contributed by atoms with E-state index in [0.29, 0.717) is 24.7 Å². The third kappa shape index (κ3) is 10.7. The van der Waals surface area contributed by atoms with E-state index in [0.717, 1.165) is 54.2 Å². The molecule has 0 spiro atoms. The Hall–Kier alpha value is -3.18. The Morgan fingerprint density at radius 1 is 0.500 bits per heavy atom. The van der Waals surface area contributed by atoms with Gasteiger partial charge in [-0.25, -0.2) is 0 Å². The van der Waals surface area contributed by atoms with Crippen LogP contribution in [-0.2, 0) is 19.8 Å². The Morgan fingerprint density at radius 2 is 0.974 bits per heavy atom. The molecule has 0 saturated carbocycles. The van der Waals surface area contributed by atoms with E-state index < -0.39 is 0 Å². The van der Waals surface area contributed by atoms with E-state index in [9.17, 15) is 5.11 Å². The lowest BCUT2D eigenvalue weighted by Crippen LogP contribution is -2.02. The van der Waals surface area contributed by atoms with Gasteiger partial charge in [0.2, 0.25) is 0 Å². The second kappa shape index (κ2) is 17.4. The van der Waals surface area contributed by atoms with Gasteiger partial charge in [0.25, 0.3) is 0 Å². The summed E-state index contributed by atoms with van der Waals surface area (Å²) < 4.78 is 23.9. The maximum absolute atomic E-state index is 9.60. The van der Waals surface area contributed by atoms with Crippen LogP contribution in [-0.4, -0.2) is 18.3 Å². The first-order valence-corrected chi connectivity index (χ1v) is 14.1. The molecule has 0 amide bonds. The van der Waals surface area contributed by atoms with E-state index in [1.165, 1.54) is 38.5 Å². The molecular weight excluding hydrogens is 476 g/mol. The van der Waals surface area contributed by atoms with Crippen LogP contribution in [0.25, 0.3) is 0 Å². The number of aliphatic hydroxyl groups is 1. The first-order valence-electron chi connectivity index (χ1n) is 14.1. The minimum Gasteiger partial charge on any atom is -0.494 e. The smallest absolute Gasteiger partial charge is 0.162 e. The Labute approximate surface area is 228 Å². The summed E-state index contributed by atoms with van der Waals surface area (Å²) in [6.45, 7) is 6.68. The molecule has 0 aliphatic heterocycles. The third-order valence-electron chi connectivity index (χ3n) is 6.36. The summed E-state index contributed by atoms with van der Waals surface area (Å²) in [6.07, 6.45) is 9.55. The second-order valence-corrected chi connectivity index (χ2v) is 9.62. The van der Waals surface area contributed by atoms with Crippen LogP contribution in [0, 0.1) is 0 Å². The molecule has 3 aromatic rings. The molecule has 0 radical (unpaired) electrons. The van der Waals surface area contributed by atoms with E-state index in [-0.39, 0.29) is 6.61 Å². The van der Waals surface area contributed by atoms with Crippen LogP contribution >= 0.6 is 0 Å². The van der Waals surface area contributed by atoms with Crippen molar-refractivity contribution in [3.63, 3.8) is 0 Å². The molecule has 3 rings (SSSR count). The molecule has 3 aromatic carbocycles. The van der Waals surface area contributed by atoms with Crippen molar-refractivity contribution in [2.24, 2.45) is 0 Å². The standard InChI is InChI=1S/C33H44O5/c1-3-5-7-9-21-35-30-16-11-27(12-17-30)25-37-32-20-15-29(24-34)23-33(32)38-26-28-13-18-31(19-14-28)36-22-10-8-6-4-2/h11-20,23,34H,3-10,21-22,24-26H2,1-2H3. The highest BCUT2D eigenvalue weighted by molar-refractivity contribution is 5.43. The van der Waals surface area contributed by atoms with Crippen LogP contribution < -0.4 is 18.9 Å². The van der Waals surface area contributed by atoms with Gasteiger partial charge in [-0.3, -0.25) is 0 Å². The lowest BCUT2D eigenvalue weighted by molar-refractivity contribution is 0.252. The molecule has 5 heteroatoms. The normalized spacial score (nSPS) is 10.8. The van der Waals surface area contributed by atoms with E-state index in [2.05, 4.69) is 13.8 Å². The molecule has 0 aliphatic carbocycles. The quantitative estimate of drug-likeness (QED) is 0.161. The zero-order valence-corrected chi connectivity index (χ0v) is 23.1. The highest BCUT2D eigenvalue weighted by atomic mass is 16.5. The molecule has 38 heavy (non-hydrogen) atoms. The SMILES string of the molecule is CCCCCCOc1ccc(COc2ccc(CO)cc2OCc2ccc(OCCCCCC)cc2)cc1. The van der Waals surface area contributed by atoms with E-state index in [1.807, 2.05) is 66.7 Å². The molecule has 0 aromatic heterocycles. The molecule has 0 fully saturated rings. The minimum absolute atomic E-state index is 0.0547. The average Bonchev–Trinajstić information content (AvgIpc) is 2.96. The van der Waals surface area contributed by atoms with Crippen molar-refractivity contribution in [2.75, 3.05) is 13.2 Å². The van der Waals surface area contributed by atoms with Gasteiger partial charge in [-0.1, -0.05) is 82.7 Å². The third-order valence-corrected chi connectivity index (χ3v) is 6.36. The zero-order valence-electron chi connectivity index (χ0n) is 23.1. The monoisotopic (exact) mass is 520 g/mol. The number of benzene rings is 3. The van der Waals surface area contributed by atoms with Crippen LogP contribution in [0.2, 0.25) is 0 Å². The van der Waals surface area contributed by atoms with Gasteiger partial charge in [0.05, 0.1) is 19.8 Å². The van der Waals surface area contributed by atoms with Crippen molar-refractivity contribution in [1.29, 1.82) is 0 Å². The number of hydrogen-bond donors (Lipinski definition) is 1. The predicted octanol–water partition coefficient (Wildman–Crippen LogP) is 8.26. The summed E-state index contributed by atoms with van der Waals surface area (Å²) in [5.74, 6) is 3.02. The summed E-state index contributed by atoms with van der Waals surface area (Å²) >= 11 is 0. The van der Waals surface area contributed by atoms with Crippen molar-refractivity contribution >= 4 is 0 Å². The molecule has 0 saturated heterocycles. The van der Waals surface area contributed by atoms with Crippen LogP contribution in [0.1, 0.15) is 81.9 Å². The van der Waals surface area contributed by atoms with Crippen LogP contribution in [0.5, 0.6) is 23.0 Å². The summed E-state index contributed by atoms with van der Waals surface area (Å²) in [5.41, 5.74) is 2.86. The Bertz CT molecular complexity index is 1030. The maximum atomic E-state index is 9.60. The van der Waals surface area contributed by atoms with E-state index in [4.69, 9.17) is 18.9 Å². The van der Waals surface area contributed by atoms with Crippen molar-refractivity contribution < 1.29 is 24.1 Å². The minimum atomic E-state index is -0.0547. The van der Waals surface area contributed by atoms with Gasteiger partial charge in [0.15, 0.2) is 11.5 Å². The fourth-order valence-electron chi connectivity index (χ4n) is 4.01. The van der Waals surface area contributed by atoms with E-state index in [1.54, 1.807) is 0 Å². The molecule has 1 N–H and O–H groups in total. The predicted molar refractivity (Wildman–Crippen MR) is 153 cm³/mol. The van der Waals surface area contributed by atoms with Crippen LogP contribution in [0.15, 0.2) is 66.7 Å². The van der Waals surface area contributed by atoms with Gasteiger partial charge in [-0.2, -0.15) is 0 Å². The molecule has 0 bridgehead atoms. The van der Waals surface area contributed by atoms with E-state index >= 15 is 0 Å². The Kier molecular flexibility index (Phi) is 13.4. The summed E-state index contributed by atoms with van der Waals surface area (Å²) in [7, 11) is 0. The molecule has 0 atom stereocenters.